The number of carbonyl (C=O) groups is 1. The van der Waals surface area contributed by atoms with Gasteiger partial charge >= 0.3 is 0 Å². The summed E-state index contributed by atoms with van der Waals surface area (Å²) in [6.07, 6.45) is 3.46. The predicted molar refractivity (Wildman–Crippen MR) is 108 cm³/mol. The molecular formula is C21H21N3O3S. The highest BCUT2D eigenvalue weighted by Crippen LogP contribution is 2.30. The van der Waals surface area contributed by atoms with Gasteiger partial charge < -0.3 is 14.8 Å². The van der Waals surface area contributed by atoms with Crippen LogP contribution in [0.2, 0.25) is 0 Å². The first kappa shape index (κ1) is 18.4. The number of amides is 1. The van der Waals surface area contributed by atoms with E-state index in [0.717, 1.165) is 22.2 Å². The maximum Gasteiger partial charge on any atom is 0.230 e. The maximum absolute atomic E-state index is 12.3. The van der Waals surface area contributed by atoms with E-state index in [-0.39, 0.29) is 17.8 Å². The summed E-state index contributed by atoms with van der Waals surface area (Å²) in [4.78, 5) is 16.7. The lowest BCUT2D eigenvalue weighted by atomic mass is 10.2. The molecule has 0 aliphatic carbocycles. The summed E-state index contributed by atoms with van der Waals surface area (Å²) in [5.74, 6) is 1.67. The number of imidazole rings is 1. The number of nitrogens with zero attached hydrogens (tertiary/aromatic N) is 2. The number of benzene rings is 2. The molecule has 0 saturated carbocycles. The van der Waals surface area contributed by atoms with Gasteiger partial charge in [0.25, 0.3) is 0 Å². The SMILES string of the molecule is Cc1ccccc1-n1ccnc1SCC(=O)NCC1COc2ccccc2O1. The fourth-order valence-corrected chi connectivity index (χ4v) is 3.78. The molecule has 2 aromatic carbocycles. The van der Waals surface area contributed by atoms with Crippen molar-refractivity contribution in [1.82, 2.24) is 14.9 Å². The quantitative estimate of drug-likeness (QED) is 0.649. The minimum absolute atomic E-state index is 0.0632. The molecule has 7 heteroatoms. The molecule has 28 heavy (non-hydrogen) atoms. The van der Waals surface area contributed by atoms with E-state index in [0.29, 0.717) is 18.9 Å². The van der Waals surface area contributed by atoms with E-state index in [9.17, 15) is 4.79 Å². The van der Waals surface area contributed by atoms with Gasteiger partial charge in [0, 0.05) is 12.4 Å². The van der Waals surface area contributed by atoms with Gasteiger partial charge in [-0.1, -0.05) is 42.1 Å². The van der Waals surface area contributed by atoms with Crippen LogP contribution in [0.4, 0.5) is 0 Å². The molecule has 1 aromatic heterocycles. The second-order valence-corrected chi connectivity index (χ2v) is 7.40. The van der Waals surface area contributed by atoms with Crippen LogP contribution in [-0.4, -0.2) is 40.5 Å². The third kappa shape index (κ3) is 4.14. The van der Waals surface area contributed by atoms with Crippen LogP contribution in [0.5, 0.6) is 11.5 Å². The molecule has 1 aliphatic rings. The summed E-state index contributed by atoms with van der Waals surface area (Å²) in [6, 6.07) is 15.6. The van der Waals surface area contributed by atoms with Gasteiger partial charge in [0.2, 0.25) is 5.91 Å². The lowest BCUT2D eigenvalue weighted by Crippen LogP contribution is -2.41. The van der Waals surface area contributed by atoms with Gasteiger partial charge in [0.15, 0.2) is 16.7 Å². The van der Waals surface area contributed by atoms with Gasteiger partial charge in [-0.3, -0.25) is 9.36 Å². The van der Waals surface area contributed by atoms with Crippen molar-refractivity contribution in [3.8, 4) is 17.2 Å². The number of aromatic nitrogens is 2. The zero-order chi connectivity index (χ0) is 19.3. The predicted octanol–water partition coefficient (Wildman–Crippen LogP) is 3.23. The first-order chi connectivity index (χ1) is 13.7. The fourth-order valence-electron chi connectivity index (χ4n) is 2.99. The Kier molecular flexibility index (Phi) is 5.53. The molecule has 4 rings (SSSR count). The molecule has 3 aromatic rings. The number of fused-ring (bicyclic) bond motifs is 1. The van der Waals surface area contributed by atoms with E-state index >= 15 is 0 Å². The summed E-state index contributed by atoms with van der Waals surface area (Å²) in [5, 5.41) is 3.70. The highest BCUT2D eigenvalue weighted by Gasteiger charge is 2.21. The minimum atomic E-state index is -0.196. The molecule has 1 unspecified atom stereocenters. The number of thioether (sulfide) groups is 1. The Balaban J connectivity index is 1.29. The molecule has 0 radical (unpaired) electrons. The maximum atomic E-state index is 12.3. The zero-order valence-corrected chi connectivity index (χ0v) is 16.3. The van der Waals surface area contributed by atoms with Crippen molar-refractivity contribution in [3.63, 3.8) is 0 Å². The van der Waals surface area contributed by atoms with Gasteiger partial charge in [0.1, 0.15) is 12.7 Å². The molecule has 0 bridgehead atoms. The molecular weight excluding hydrogens is 374 g/mol. The Hall–Kier alpha value is -2.93. The highest BCUT2D eigenvalue weighted by molar-refractivity contribution is 7.99. The van der Waals surface area contributed by atoms with Crippen molar-refractivity contribution < 1.29 is 14.3 Å². The van der Waals surface area contributed by atoms with Crippen LogP contribution >= 0.6 is 11.8 Å². The van der Waals surface area contributed by atoms with Crippen molar-refractivity contribution in [2.24, 2.45) is 0 Å². The van der Waals surface area contributed by atoms with Gasteiger partial charge in [-0.2, -0.15) is 0 Å². The largest absolute Gasteiger partial charge is 0.486 e. The van der Waals surface area contributed by atoms with Crippen LogP contribution in [0.15, 0.2) is 66.1 Å². The third-order valence-electron chi connectivity index (χ3n) is 4.41. The number of aryl methyl sites for hydroxylation is 1. The molecule has 1 N–H and O–H groups in total. The number of carbonyl (C=O) groups excluding carboxylic acids is 1. The van der Waals surface area contributed by atoms with Crippen LogP contribution in [0.25, 0.3) is 5.69 Å². The van der Waals surface area contributed by atoms with E-state index < -0.39 is 0 Å². The number of hydrogen-bond acceptors (Lipinski definition) is 5. The van der Waals surface area contributed by atoms with E-state index in [1.807, 2.05) is 53.2 Å². The second-order valence-electron chi connectivity index (χ2n) is 6.46. The van der Waals surface area contributed by atoms with Crippen molar-refractivity contribution >= 4 is 17.7 Å². The third-order valence-corrected chi connectivity index (χ3v) is 5.38. The first-order valence-corrected chi connectivity index (χ1v) is 10.1. The highest BCUT2D eigenvalue weighted by atomic mass is 32.2. The molecule has 1 amide bonds. The van der Waals surface area contributed by atoms with E-state index in [1.54, 1.807) is 6.20 Å². The molecule has 144 valence electrons. The molecule has 1 atom stereocenters. The topological polar surface area (TPSA) is 65.4 Å². The van der Waals surface area contributed by atoms with Gasteiger partial charge in [-0.25, -0.2) is 4.98 Å². The van der Waals surface area contributed by atoms with Crippen LogP contribution in [0.1, 0.15) is 5.56 Å². The molecule has 2 heterocycles. The van der Waals surface area contributed by atoms with Gasteiger partial charge in [-0.05, 0) is 30.7 Å². The standard InChI is InChI=1S/C21H21N3O3S/c1-15-6-2-3-7-17(15)24-11-10-22-21(24)28-14-20(25)23-12-16-13-26-18-8-4-5-9-19(18)27-16/h2-11,16H,12-14H2,1H3,(H,23,25). The Bertz CT molecular complexity index is 973. The van der Waals surface area contributed by atoms with E-state index in [1.165, 1.54) is 11.8 Å². The van der Waals surface area contributed by atoms with Crippen LogP contribution in [0.3, 0.4) is 0 Å². The Morgan fingerprint density at radius 1 is 1.21 bits per heavy atom. The summed E-state index contributed by atoms with van der Waals surface area (Å²) >= 11 is 1.41. The fraction of sp³-hybridized carbons (Fsp3) is 0.238. The monoisotopic (exact) mass is 395 g/mol. The number of hydrogen-bond donors (Lipinski definition) is 1. The van der Waals surface area contributed by atoms with Gasteiger partial charge in [0.05, 0.1) is 18.0 Å². The second kappa shape index (κ2) is 8.39. The summed E-state index contributed by atoms with van der Waals surface area (Å²) in [5.41, 5.74) is 2.22. The average molecular weight is 395 g/mol. The van der Waals surface area contributed by atoms with Crippen molar-refractivity contribution in [2.45, 2.75) is 18.2 Å². The minimum Gasteiger partial charge on any atom is -0.486 e. The number of ether oxygens (including phenoxy) is 2. The van der Waals surface area contributed by atoms with Crippen LogP contribution in [0, 0.1) is 6.92 Å². The van der Waals surface area contributed by atoms with Crippen molar-refractivity contribution in [2.75, 3.05) is 18.9 Å². The molecule has 1 aliphatic heterocycles. The van der Waals surface area contributed by atoms with E-state index in [2.05, 4.69) is 23.3 Å². The Morgan fingerprint density at radius 2 is 2.00 bits per heavy atom. The molecule has 6 nitrogen and oxygen atoms in total. The molecule has 0 saturated heterocycles. The first-order valence-electron chi connectivity index (χ1n) is 9.08. The number of para-hydroxylation sites is 3. The smallest absolute Gasteiger partial charge is 0.230 e. The normalized spacial score (nSPS) is 15.2. The van der Waals surface area contributed by atoms with Crippen LogP contribution in [-0.2, 0) is 4.79 Å². The van der Waals surface area contributed by atoms with Crippen molar-refractivity contribution in [1.29, 1.82) is 0 Å². The molecule has 0 spiro atoms. The van der Waals surface area contributed by atoms with E-state index in [4.69, 9.17) is 9.47 Å². The Morgan fingerprint density at radius 3 is 2.86 bits per heavy atom. The summed E-state index contributed by atoms with van der Waals surface area (Å²) in [6.45, 7) is 2.88. The number of rotatable bonds is 6. The molecule has 0 fully saturated rings. The summed E-state index contributed by atoms with van der Waals surface area (Å²) < 4.78 is 13.5. The van der Waals surface area contributed by atoms with Crippen LogP contribution < -0.4 is 14.8 Å². The van der Waals surface area contributed by atoms with Crippen molar-refractivity contribution in [3.05, 3.63) is 66.5 Å². The lowest BCUT2D eigenvalue weighted by Gasteiger charge is -2.26. The average Bonchev–Trinajstić information content (AvgIpc) is 3.19. The number of nitrogens with one attached hydrogen (secondary N) is 1. The summed E-state index contributed by atoms with van der Waals surface area (Å²) in [7, 11) is 0. The lowest BCUT2D eigenvalue weighted by molar-refractivity contribution is -0.119. The zero-order valence-electron chi connectivity index (χ0n) is 15.5. The Labute approximate surface area is 167 Å². The van der Waals surface area contributed by atoms with Gasteiger partial charge in [-0.15, -0.1) is 0 Å².